The van der Waals surface area contributed by atoms with E-state index in [4.69, 9.17) is 0 Å². The van der Waals surface area contributed by atoms with Gasteiger partial charge >= 0.3 is 0 Å². The molecule has 0 aliphatic rings. The summed E-state index contributed by atoms with van der Waals surface area (Å²) in [7, 11) is 3.19. The van der Waals surface area contributed by atoms with Crippen molar-refractivity contribution in [1.82, 2.24) is 5.32 Å². The zero-order chi connectivity index (χ0) is 7.82. The summed E-state index contributed by atoms with van der Waals surface area (Å²) in [5, 5.41) is 2.60. The largest absolute Gasteiger partial charge is 0.379 e. The van der Waals surface area contributed by atoms with Crippen LogP contribution in [-0.2, 0) is 9.53 Å². The van der Waals surface area contributed by atoms with Gasteiger partial charge in [-0.3, -0.25) is 4.79 Å². The first kappa shape index (κ1) is 9.17. The predicted molar refractivity (Wildman–Crippen MR) is 39.1 cm³/mol. The molecule has 10 heavy (non-hydrogen) atoms. The molecule has 0 saturated heterocycles. The lowest BCUT2D eigenvalue weighted by atomic mass is 10.4. The lowest BCUT2D eigenvalue weighted by molar-refractivity contribution is -0.116. The third-order valence-electron chi connectivity index (χ3n) is 0.950. The summed E-state index contributed by atoms with van der Waals surface area (Å²) in [6.45, 7) is 4.48. The van der Waals surface area contributed by atoms with Gasteiger partial charge in [-0.2, -0.15) is 0 Å². The SMILES string of the molecule is [CH2]OCCCNC(=O)C=C. The van der Waals surface area contributed by atoms with Crippen molar-refractivity contribution >= 4 is 5.91 Å². The Bertz CT molecular complexity index is 112. The van der Waals surface area contributed by atoms with Gasteiger partial charge in [-0.15, -0.1) is 0 Å². The van der Waals surface area contributed by atoms with Gasteiger partial charge < -0.3 is 10.1 Å². The maximum atomic E-state index is 10.5. The molecule has 57 valence electrons. The van der Waals surface area contributed by atoms with Crippen LogP contribution in [0.25, 0.3) is 0 Å². The van der Waals surface area contributed by atoms with E-state index < -0.39 is 0 Å². The highest BCUT2D eigenvalue weighted by molar-refractivity contribution is 5.86. The van der Waals surface area contributed by atoms with Crippen LogP contribution in [0.5, 0.6) is 0 Å². The van der Waals surface area contributed by atoms with Crippen molar-refractivity contribution in [3.63, 3.8) is 0 Å². The van der Waals surface area contributed by atoms with Crippen LogP contribution in [0.1, 0.15) is 6.42 Å². The molecule has 0 aliphatic heterocycles. The van der Waals surface area contributed by atoms with Gasteiger partial charge in [-0.25, -0.2) is 0 Å². The fraction of sp³-hybridized carbons (Fsp3) is 0.429. The molecule has 3 heteroatoms. The van der Waals surface area contributed by atoms with Gasteiger partial charge in [0.25, 0.3) is 0 Å². The highest BCUT2D eigenvalue weighted by atomic mass is 16.5. The highest BCUT2D eigenvalue weighted by Crippen LogP contribution is 1.77. The second-order valence-corrected chi connectivity index (χ2v) is 1.76. The maximum absolute atomic E-state index is 10.5. The van der Waals surface area contributed by atoms with E-state index in [-0.39, 0.29) is 5.91 Å². The lowest BCUT2D eigenvalue weighted by Crippen LogP contribution is -2.22. The van der Waals surface area contributed by atoms with E-state index >= 15 is 0 Å². The fourth-order valence-corrected chi connectivity index (χ4v) is 0.458. The van der Waals surface area contributed by atoms with E-state index in [9.17, 15) is 4.79 Å². The van der Waals surface area contributed by atoms with Crippen molar-refractivity contribution < 1.29 is 9.53 Å². The maximum Gasteiger partial charge on any atom is 0.243 e. The van der Waals surface area contributed by atoms with Crippen LogP contribution in [0.15, 0.2) is 12.7 Å². The number of amides is 1. The van der Waals surface area contributed by atoms with Crippen LogP contribution in [0, 0.1) is 7.11 Å². The zero-order valence-electron chi connectivity index (χ0n) is 5.93. The molecule has 0 spiro atoms. The van der Waals surface area contributed by atoms with Crippen molar-refractivity contribution in [1.29, 1.82) is 0 Å². The smallest absolute Gasteiger partial charge is 0.243 e. The summed E-state index contributed by atoms with van der Waals surface area (Å²) in [5.41, 5.74) is 0. The number of nitrogens with one attached hydrogen (secondary N) is 1. The fourth-order valence-electron chi connectivity index (χ4n) is 0.458. The van der Waals surface area contributed by atoms with Gasteiger partial charge in [-0.1, -0.05) is 6.58 Å². The van der Waals surface area contributed by atoms with Crippen molar-refractivity contribution in [2.75, 3.05) is 13.2 Å². The molecule has 1 amide bonds. The molecule has 0 aromatic carbocycles. The molecular formula is C7H12NO2. The van der Waals surface area contributed by atoms with Crippen LogP contribution >= 0.6 is 0 Å². The topological polar surface area (TPSA) is 38.3 Å². The van der Waals surface area contributed by atoms with Crippen LogP contribution in [0.3, 0.4) is 0 Å². The Balaban J connectivity index is 3.03. The van der Waals surface area contributed by atoms with Crippen molar-refractivity contribution in [2.24, 2.45) is 0 Å². The molecule has 0 fully saturated rings. The van der Waals surface area contributed by atoms with E-state index in [1.165, 1.54) is 6.08 Å². The average molecular weight is 142 g/mol. The Kier molecular flexibility index (Phi) is 5.77. The van der Waals surface area contributed by atoms with E-state index in [2.05, 4.69) is 23.7 Å². The van der Waals surface area contributed by atoms with E-state index in [1.54, 1.807) is 0 Å². The van der Waals surface area contributed by atoms with Gasteiger partial charge in [0.1, 0.15) is 0 Å². The number of hydrogen-bond acceptors (Lipinski definition) is 2. The number of ether oxygens (including phenoxy) is 1. The molecule has 1 radical (unpaired) electrons. The van der Waals surface area contributed by atoms with Gasteiger partial charge in [0.2, 0.25) is 5.91 Å². The van der Waals surface area contributed by atoms with E-state index in [0.717, 1.165) is 6.42 Å². The molecular weight excluding hydrogens is 130 g/mol. The molecule has 0 saturated carbocycles. The zero-order valence-corrected chi connectivity index (χ0v) is 5.93. The van der Waals surface area contributed by atoms with Crippen LogP contribution < -0.4 is 5.32 Å². The molecule has 0 aromatic heterocycles. The summed E-state index contributed by atoms with van der Waals surface area (Å²) in [4.78, 5) is 10.5. The number of carbonyl (C=O) groups excluding carboxylic acids is 1. The molecule has 0 rings (SSSR count). The Morgan fingerprint density at radius 3 is 2.90 bits per heavy atom. The summed E-state index contributed by atoms with van der Waals surface area (Å²) in [5.74, 6) is -0.149. The number of carbonyl (C=O) groups is 1. The Labute approximate surface area is 61.1 Å². The molecule has 0 heterocycles. The molecule has 0 bridgehead atoms. The molecule has 1 N–H and O–H groups in total. The molecule has 0 aliphatic carbocycles. The minimum Gasteiger partial charge on any atom is -0.379 e. The number of hydrogen-bond donors (Lipinski definition) is 1. The van der Waals surface area contributed by atoms with Crippen molar-refractivity contribution in [3.05, 3.63) is 19.8 Å². The van der Waals surface area contributed by atoms with Gasteiger partial charge in [0.15, 0.2) is 0 Å². The molecule has 0 unspecified atom stereocenters. The third-order valence-corrected chi connectivity index (χ3v) is 0.950. The average Bonchev–Trinajstić information content (AvgIpc) is 1.98. The van der Waals surface area contributed by atoms with Gasteiger partial charge in [0.05, 0.1) is 7.11 Å². The second-order valence-electron chi connectivity index (χ2n) is 1.76. The Morgan fingerprint density at radius 1 is 1.70 bits per heavy atom. The quantitative estimate of drug-likeness (QED) is 0.448. The second kappa shape index (κ2) is 6.29. The third kappa shape index (κ3) is 5.31. The summed E-state index contributed by atoms with van der Waals surface area (Å²) < 4.78 is 4.53. The van der Waals surface area contributed by atoms with E-state index in [0.29, 0.717) is 13.2 Å². The normalized spacial score (nSPS) is 8.90. The first-order valence-electron chi connectivity index (χ1n) is 3.08. The highest BCUT2D eigenvalue weighted by Gasteiger charge is 1.90. The van der Waals surface area contributed by atoms with Crippen LogP contribution in [0.2, 0.25) is 0 Å². The van der Waals surface area contributed by atoms with Crippen LogP contribution in [-0.4, -0.2) is 19.1 Å². The molecule has 3 nitrogen and oxygen atoms in total. The number of rotatable bonds is 5. The van der Waals surface area contributed by atoms with Crippen LogP contribution in [0.4, 0.5) is 0 Å². The van der Waals surface area contributed by atoms with Crippen molar-refractivity contribution in [2.45, 2.75) is 6.42 Å². The minimum absolute atomic E-state index is 0.149. The predicted octanol–water partition coefficient (Wildman–Crippen LogP) is 0.487. The Morgan fingerprint density at radius 2 is 2.40 bits per heavy atom. The van der Waals surface area contributed by atoms with Crippen molar-refractivity contribution in [3.8, 4) is 0 Å². The first-order chi connectivity index (χ1) is 4.81. The lowest BCUT2D eigenvalue weighted by Gasteiger charge is -1.99. The standard InChI is InChI=1S/C7H12NO2/c1-3-7(9)8-5-4-6-10-2/h3H,1-2,4-6H2,(H,8,9). The Hall–Kier alpha value is -0.830. The molecule has 0 aromatic rings. The first-order valence-corrected chi connectivity index (χ1v) is 3.08. The minimum atomic E-state index is -0.149. The summed E-state index contributed by atoms with van der Waals surface area (Å²) >= 11 is 0. The van der Waals surface area contributed by atoms with Gasteiger partial charge in [-0.05, 0) is 12.5 Å². The summed E-state index contributed by atoms with van der Waals surface area (Å²) in [6, 6.07) is 0. The van der Waals surface area contributed by atoms with Gasteiger partial charge in [0, 0.05) is 13.2 Å². The molecule has 0 atom stereocenters. The van der Waals surface area contributed by atoms with E-state index in [1.807, 2.05) is 0 Å². The monoisotopic (exact) mass is 142 g/mol. The summed E-state index contributed by atoms with van der Waals surface area (Å²) in [6.07, 6.45) is 2.02.